The number of hydrogen-bond donors (Lipinski definition) is 1. The molecule has 3 heteroatoms. The molecule has 0 spiro atoms. The fourth-order valence-corrected chi connectivity index (χ4v) is 1.32. The summed E-state index contributed by atoms with van der Waals surface area (Å²) in [5.41, 5.74) is 4.47. The average Bonchev–Trinajstić information content (AvgIpc) is 2.19. The lowest BCUT2D eigenvalue weighted by molar-refractivity contribution is -0.0560. The Bertz CT molecular complexity index is 293. The first kappa shape index (κ1) is 11.1. The molecular formula is C11H15F2N. The van der Waals surface area contributed by atoms with E-state index in [1.807, 2.05) is 0 Å². The minimum atomic E-state index is -2.88. The highest BCUT2D eigenvalue weighted by Crippen LogP contribution is 2.38. The maximum atomic E-state index is 13.5. The molecule has 0 radical (unpaired) electrons. The van der Waals surface area contributed by atoms with Gasteiger partial charge >= 0.3 is 0 Å². The summed E-state index contributed by atoms with van der Waals surface area (Å²) in [5, 5.41) is 0. The first-order valence-electron chi connectivity index (χ1n) is 4.55. The normalized spacial score (nSPS) is 12.9. The lowest BCUT2D eigenvalue weighted by Gasteiger charge is -2.33. The minimum Gasteiger partial charge on any atom is -0.325 e. The van der Waals surface area contributed by atoms with Gasteiger partial charge in [-0.05, 0) is 19.4 Å². The molecule has 1 aromatic carbocycles. The number of rotatable bonds is 3. The maximum absolute atomic E-state index is 13.5. The predicted molar refractivity (Wildman–Crippen MR) is 53.5 cm³/mol. The molecular weight excluding hydrogens is 184 g/mol. The summed E-state index contributed by atoms with van der Waals surface area (Å²) < 4.78 is 27.0. The maximum Gasteiger partial charge on any atom is 0.269 e. The summed E-state index contributed by atoms with van der Waals surface area (Å²) >= 11 is 0. The first-order valence-corrected chi connectivity index (χ1v) is 4.55. The van der Waals surface area contributed by atoms with E-state index in [0.717, 1.165) is 0 Å². The smallest absolute Gasteiger partial charge is 0.269 e. The van der Waals surface area contributed by atoms with E-state index < -0.39 is 17.9 Å². The number of halogens is 2. The third kappa shape index (κ3) is 1.77. The Morgan fingerprint density at radius 3 is 2.07 bits per heavy atom. The van der Waals surface area contributed by atoms with Crippen molar-refractivity contribution in [3.05, 3.63) is 35.9 Å². The topological polar surface area (TPSA) is 26.0 Å². The van der Waals surface area contributed by atoms with E-state index in [2.05, 4.69) is 0 Å². The monoisotopic (exact) mass is 199 g/mol. The summed E-state index contributed by atoms with van der Waals surface area (Å²) in [4.78, 5) is 0. The van der Waals surface area contributed by atoms with Crippen LogP contribution in [0, 0.1) is 0 Å². The highest BCUT2D eigenvalue weighted by molar-refractivity contribution is 5.26. The van der Waals surface area contributed by atoms with Gasteiger partial charge in [-0.3, -0.25) is 0 Å². The van der Waals surface area contributed by atoms with Crippen LogP contribution in [0.3, 0.4) is 0 Å². The van der Waals surface area contributed by atoms with Crippen LogP contribution in [0.15, 0.2) is 30.3 Å². The van der Waals surface area contributed by atoms with Gasteiger partial charge in [0, 0.05) is 0 Å². The predicted octanol–water partition coefficient (Wildman–Crippen LogP) is 2.56. The molecule has 1 nitrogen and oxygen atoms in total. The zero-order valence-electron chi connectivity index (χ0n) is 8.43. The summed E-state index contributed by atoms with van der Waals surface area (Å²) in [6, 6.07) is 8.71. The number of hydrogen-bond acceptors (Lipinski definition) is 1. The summed E-state index contributed by atoms with van der Waals surface area (Å²) in [6.07, 6.45) is 0. The second kappa shape index (κ2) is 3.65. The molecule has 1 rings (SSSR count). The van der Waals surface area contributed by atoms with Gasteiger partial charge in [0.05, 0.1) is 12.0 Å². The standard InChI is InChI=1S/C11H15F2N/c1-10(2,11(12,13)8-14)9-6-4-3-5-7-9/h3-7H,8,14H2,1-2H3. The summed E-state index contributed by atoms with van der Waals surface area (Å²) in [6.45, 7) is 2.39. The van der Waals surface area contributed by atoms with Crippen LogP contribution in [0.2, 0.25) is 0 Å². The van der Waals surface area contributed by atoms with Crippen molar-refractivity contribution in [1.29, 1.82) is 0 Å². The molecule has 0 aliphatic carbocycles. The molecule has 0 saturated heterocycles. The van der Waals surface area contributed by atoms with E-state index in [4.69, 9.17) is 5.73 Å². The van der Waals surface area contributed by atoms with Gasteiger partial charge in [0.2, 0.25) is 0 Å². The molecule has 0 saturated carbocycles. The molecule has 0 aliphatic rings. The largest absolute Gasteiger partial charge is 0.325 e. The van der Waals surface area contributed by atoms with Crippen molar-refractivity contribution in [2.45, 2.75) is 25.2 Å². The van der Waals surface area contributed by atoms with Crippen LogP contribution in [0.25, 0.3) is 0 Å². The second-order valence-corrected chi connectivity index (χ2v) is 3.90. The van der Waals surface area contributed by atoms with Gasteiger partial charge in [-0.25, -0.2) is 8.78 Å². The molecule has 0 unspecified atom stereocenters. The number of benzene rings is 1. The second-order valence-electron chi connectivity index (χ2n) is 3.90. The number of alkyl halides is 2. The molecule has 78 valence electrons. The van der Waals surface area contributed by atoms with Gasteiger partial charge in [0.15, 0.2) is 0 Å². The summed E-state index contributed by atoms with van der Waals surface area (Å²) in [5.74, 6) is -2.88. The third-order valence-electron chi connectivity index (χ3n) is 2.67. The Morgan fingerprint density at radius 1 is 1.14 bits per heavy atom. The van der Waals surface area contributed by atoms with Crippen LogP contribution in [-0.4, -0.2) is 12.5 Å². The fourth-order valence-electron chi connectivity index (χ4n) is 1.32. The van der Waals surface area contributed by atoms with Crippen molar-refractivity contribution in [1.82, 2.24) is 0 Å². The molecule has 0 amide bonds. The van der Waals surface area contributed by atoms with Crippen molar-refractivity contribution in [2.24, 2.45) is 5.73 Å². The van der Waals surface area contributed by atoms with Gasteiger partial charge in [0.1, 0.15) is 0 Å². The van der Waals surface area contributed by atoms with Crippen molar-refractivity contribution in [2.75, 3.05) is 6.54 Å². The van der Waals surface area contributed by atoms with Crippen LogP contribution in [0.5, 0.6) is 0 Å². The molecule has 0 fully saturated rings. The Labute approximate surface area is 82.9 Å². The molecule has 2 N–H and O–H groups in total. The van der Waals surface area contributed by atoms with Gasteiger partial charge in [-0.2, -0.15) is 0 Å². The van der Waals surface area contributed by atoms with Crippen molar-refractivity contribution >= 4 is 0 Å². The van der Waals surface area contributed by atoms with Gasteiger partial charge < -0.3 is 5.73 Å². The van der Waals surface area contributed by atoms with E-state index in [-0.39, 0.29) is 0 Å². The SMILES string of the molecule is CC(C)(c1ccccc1)C(F)(F)CN. The third-order valence-corrected chi connectivity index (χ3v) is 2.67. The molecule has 0 heterocycles. The Balaban J connectivity index is 3.08. The zero-order chi connectivity index (χ0) is 10.8. The quantitative estimate of drug-likeness (QED) is 0.795. The van der Waals surface area contributed by atoms with Crippen LogP contribution >= 0.6 is 0 Å². The van der Waals surface area contributed by atoms with Gasteiger partial charge in [-0.15, -0.1) is 0 Å². The van der Waals surface area contributed by atoms with E-state index in [1.165, 1.54) is 13.8 Å². The fraction of sp³-hybridized carbons (Fsp3) is 0.455. The van der Waals surface area contributed by atoms with Crippen LogP contribution in [0.4, 0.5) is 8.78 Å². The lowest BCUT2D eigenvalue weighted by atomic mass is 9.78. The van der Waals surface area contributed by atoms with E-state index in [9.17, 15) is 8.78 Å². The first-order chi connectivity index (χ1) is 6.42. The molecule has 0 bridgehead atoms. The molecule has 1 aromatic rings. The molecule has 0 atom stereocenters. The Kier molecular flexibility index (Phi) is 2.90. The van der Waals surface area contributed by atoms with E-state index >= 15 is 0 Å². The lowest BCUT2D eigenvalue weighted by Crippen LogP contribution is -2.46. The highest BCUT2D eigenvalue weighted by atomic mass is 19.3. The molecule has 0 aromatic heterocycles. The molecule has 14 heavy (non-hydrogen) atoms. The highest BCUT2D eigenvalue weighted by Gasteiger charge is 2.46. The van der Waals surface area contributed by atoms with Crippen molar-refractivity contribution < 1.29 is 8.78 Å². The zero-order valence-corrected chi connectivity index (χ0v) is 8.43. The van der Waals surface area contributed by atoms with Gasteiger partial charge in [-0.1, -0.05) is 30.3 Å². The molecule has 0 aliphatic heterocycles. The van der Waals surface area contributed by atoms with Crippen molar-refractivity contribution in [3.63, 3.8) is 0 Å². The Morgan fingerprint density at radius 2 is 1.64 bits per heavy atom. The van der Waals surface area contributed by atoms with Crippen LogP contribution in [0.1, 0.15) is 19.4 Å². The van der Waals surface area contributed by atoms with E-state index in [1.54, 1.807) is 30.3 Å². The van der Waals surface area contributed by atoms with Gasteiger partial charge in [0.25, 0.3) is 5.92 Å². The Hall–Kier alpha value is -0.960. The number of nitrogens with two attached hydrogens (primary N) is 1. The average molecular weight is 199 g/mol. The summed E-state index contributed by atoms with van der Waals surface area (Å²) in [7, 11) is 0. The van der Waals surface area contributed by atoms with Crippen LogP contribution < -0.4 is 5.73 Å². The van der Waals surface area contributed by atoms with Crippen molar-refractivity contribution in [3.8, 4) is 0 Å². The van der Waals surface area contributed by atoms with Crippen LogP contribution in [-0.2, 0) is 5.41 Å². The van der Waals surface area contributed by atoms with E-state index in [0.29, 0.717) is 5.56 Å². The minimum absolute atomic E-state index is 0.607.